The van der Waals surface area contributed by atoms with Gasteiger partial charge in [-0.05, 0) is 13.3 Å². The van der Waals surface area contributed by atoms with Crippen molar-refractivity contribution in [2.75, 3.05) is 0 Å². The average Bonchev–Trinajstić information content (AvgIpc) is 1.87. The largest absolute Gasteiger partial charge is 0.393 e. The number of carbonyl (C=O) groups excluding carboxylic acids is 1. The lowest BCUT2D eigenvalue weighted by molar-refractivity contribution is -0.128. The molecule has 0 amide bonds. The molecule has 3 nitrogen and oxygen atoms in total. The first-order valence-electron chi connectivity index (χ1n) is 3.46. The van der Waals surface area contributed by atoms with Crippen LogP contribution in [0.15, 0.2) is 0 Å². The van der Waals surface area contributed by atoms with Gasteiger partial charge >= 0.3 is 0 Å². The van der Waals surface area contributed by atoms with Crippen LogP contribution in [0.2, 0.25) is 0 Å². The SMILES string of the molecule is CCC(O)CC(=O)C(C)O. The lowest BCUT2D eigenvalue weighted by Crippen LogP contribution is -2.21. The number of aliphatic hydroxyl groups is 2. The summed E-state index contributed by atoms with van der Waals surface area (Å²) in [5.41, 5.74) is 0. The average molecular weight is 146 g/mol. The molecule has 2 N–H and O–H groups in total. The van der Waals surface area contributed by atoms with Gasteiger partial charge in [0.2, 0.25) is 0 Å². The third kappa shape index (κ3) is 3.58. The Bertz CT molecular complexity index is 109. The summed E-state index contributed by atoms with van der Waals surface area (Å²) in [6.45, 7) is 3.20. The molecule has 0 aromatic carbocycles. The molecule has 0 aliphatic heterocycles. The van der Waals surface area contributed by atoms with E-state index < -0.39 is 12.2 Å². The highest BCUT2D eigenvalue weighted by molar-refractivity contribution is 5.82. The Labute approximate surface area is 60.7 Å². The molecule has 0 aromatic heterocycles. The van der Waals surface area contributed by atoms with Crippen molar-refractivity contribution < 1.29 is 15.0 Å². The molecular weight excluding hydrogens is 132 g/mol. The topological polar surface area (TPSA) is 57.5 Å². The van der Waals surface area contributed by atoms with Gasteiger partial charge in [0.15, 0.2) is 5.78 Å². The van der Waals surface area contributed by atoms with Crippen molar-refractivity contribution in [1.29, 1.82) is 0 Å². The zero-order valence-electron chi connectivity index (χ0n) is 6.37. The molecule has 0 rings (SSSR count). The van der Waals surface area contributed by atoms with Gasteiger partial charge < -0.3 is 10.2 Å². The van der Waals surface area contributed by atoms with Crippen molar-refractivity contribution in [2.24, 2.45) is 0 Å². The van der Waals surface area contributed by atoms with Crippen LogP contribution in [0.1, 0.15) is 26.7 Å². The minimum absolute atomic E-state index is 0.0637. The van der Waals surface area contributed by atoms with Crippen molar-refractivity contribution in [1.82, 2.24) is 0 Å². The third-order valence-corrected chi connectivity index (χ3v) is 1.37. The maximum atomic E-state index is 10.7. The maximum Gasteiger partial charge on any atom is 0.163 e. The van der Waals surface area contributed by atoms with Gasteiger partial charge in [0.1, 0.15) is 6.10 Å². The van der Waals surface area contributed by atoms with Gasteiger partial charge in [-0.25, -0.2) is 0 Å². The number of hydrogen-bond acceptors (Lipinski definition) is 3. The minimum atomic E-state index is -0.943. The quantitative estimate of drug-likeness (QED) is 0.591. The van der Waals surface area contributed by atoms with Crippen LogP contribution in [-0.2, 0) is 4.79 Å². The fraction of sp³-hybridized carbons (Fsp3) is 0.857. The Kier molecular flexibility index (Phi) is 4.23. The van der Waals surface area contributed by atoms with E-state index in [4.69, 9.17) is 10.2 Å². The molecule has 0 aromatic rings. The van der Waals surface area contributed by atoms with Gasteiger partial charge in [0, 0.05) is 6.42 Å². The summed E-state index contributed by atoms with van der Waals surface area (Å²) in [4.78, 5) is 10.7. The van der Waals surface area contributed by atoms with Gasteiger partial charge in [-0.3, -0.25) is 4.79 Å². The number of Topliss-reactive ketones (excluding diaryl/α,β-unsaturated/α-hetero) is 1. The third-order valence-electron chi connectivity index (χ3n) is 1.37. The molecule has 10 heavy (non-hydrogen) atoms. The van der Waals surface area contributed by atoms with E-state index in [9.17, 15) is 4.79 Å². The lowest BCUT2D eigenvalue weighted by atomic mass is 10.1. The van der Waals surface area contributed by atoms with E-state index in [0.717, 1.165) is 0 Å². The Morgan fingerprint density at radius 1 is 1.50 bits per heavy atom. The zero-order chi connectivity index (χ0) is 8.15. The normalized spacial score (nSPS) is 16.4. The molecule has 0 aliphatic rings. The highest BCUT2D eigenvalue weighted by Gasteiger charge is 2.12. The highest BCUT2D eigenvalue weighted by Crippen LogP contribution is 1.99. The Morgan fingerprint density at radius 2 is 2.00 bits per heavy atom. The number of aliphatic hydroxyl groups excluding tert-OH is 2. The molecule has 2 unspecified atom stereocenters. The van der Waals surface area contributed by atoms with Crippen molar-refractivity contribution in [2.45, 2.75) is 38.9 Å². The molecule has 0 radical (unpaired) electrons. The second-order valence-electron chi connectivity index (χ2n) is 2.41. The molecule has 0 saturated heterocycles. The minimum Gasteiger partial charge on any atom is -0.393 e. The van der Waals surface area contributed by atoms with Crippen molar-refractivity contribution >= 4 is 5.78 Å². The first-order chi connectivity index (χ1) is 4.57. The molecule has 0 heterocycles. The van der Waals surface area contributed by atoms with E-state index in [1.54, 1.807) is 6.92 Å². The Hall–Kier alpha value is -0.410. The molecule has 0 bridgehead atoms. The standard InChI is InChI=1S/C7H14O3/c1-3-6(9)4-7(10)5(2)8/h5-6,8-9H,3-4H2,1-2H3. The summed E-state index contributed by atoms with van der Waals surface area (Å²) in [6.07, 6.45) is -0.921. The first-order valence-corrected chi connectivity index (χ1v) is 3.46. The summed E-state index contributed by atoms with van der Waals surface area (Å²) in [6, 6.07) is 0. The number of carbonyl (C=O) groups is 1. The Morgan fingerprint density at radius 3 is 2.30 bits per heavy atom. The van der Waals surface area contributed by atoms with Crippen molar-refractivity contribution in [3.05, 3.63) is 0 Å². The van der Waals surface area contributed by atoms with Crippen LogP contribution < -0.4 is 0 Å². The van der Waals surface area contributed by atoms with Gasteiger partial charge in [-0.15, -0.1) is 0 Å². The number of rotatable bonds is 4. The second kappa shape index (κ2) is 4.41. The molecule has 3 heteroatoms. The van der Waals surface area contributed by atoms with E-state index in [0.29, 0.717) is 6.42 Å². The summed E-state index contributed by atoms with van der Waals surface area (Å²) >= 11 is 0. The van der Waals surface area contributed by atoms with Crippen LogP contribution in [-0.4, -0.2) is 28.2 Å². The lowest BCUT2D eigenvalue weighted by Gasteiger charge is -2.07. The van der Waals surface area contributed by atoms with Crippen LogP contribution in [0, 0.1) is 0 Å². The van der Waals surface area contributed by atoms with E-state index in [-0.39, 0.29) is 12.2 Å². The monoisotopic (exact) mass is 146 g/mol. The first kappa shape index (κ1) is 9.59. The molecule has 2 atom stereocenters. The second-order valence-corrected chi connectivity index (χ2v) is 2.41. The van der Waals surface area contributed by atoms with Gasteiger partial charge in [0.25, 0.3) is 0 Å². The summed E-state index contributed by atoms with van der Waals surface area (Å²) < 4.78 is 0. The summed E-state index contributed by atoms with van der Waals surface area (Å²) in [7, 11) is 0. The van der Waals surface area contributed by atoms with Crippen LogP contribution in [0.25, 0.3) is 0 Å². The Balaban J connectivity index is 3.57. The van der Waals surface area contributed by atoms with E-state index in [2.05, 4.69) is 0 Å². The molecule has 0 fully saturated rings. The van der Waals surface area contributed by atoms with Gasteiger partial charge in [0.05, 0.1) is 6.10 Å². The van der Waals surface area contributed by atoms with Crippen molar-refractivity contribution in [3.8, 4) is 0 Å². The predicted molar refractivity (Wildman–Crippen MR) is 37.6 cm³/mol. The zero-order valence-corrected chi connectivity index (χ0v) is 6.37. The van der Waals surface area contributed by atoms with E-state index in [1.165, 1.54) is 6.92 Å². The fourth-order valence-electron chi connectivity index (χ4n) is 0.547. The predicted octanol–water partition coefficient (Wildman–Crippen LogP) is 0.0973. The fourth-order valence-corrected chi connectivity index (χ4v) is 0.547. The smallest absolute Gasteiger partial charge is 0.163 e. The van der Waals surface area contributed by atoms with Crippen molar-refractivity contribution in [3.63, 3.8) is 0 Å². The molecule has 0 spiro atoms. The molecule has 0 saturated carbocycles. The van der Waals surface area contributed by atoms with Crippen LogP contribution in [0.4, 0.5) is 0 Å². The van der Waals surface area contributed by atoms with Crippen LogP contribution in [0.3, 0.4) is 0 Å². The van der Waals surface area contributed by atoms with E-state index in [1.807, 2.05) is 0 Å². The van der Waals surface area contributed by atoms with Gasteiger partial charge in [-0.1, -0.05) is 6.92 Å². The van der Waals surface area contributed by atoms with Crippen LogP contribution in [0.5, 0.6) is 0 Å². The van der Waals surface area contributed by atoms with Crippen LogP contribution >= 0.6 is 0 Å². The van der Waals surface area contributed by atoms with E-state index >= 15 is 0 Å². The van der Waals surface area contributed by atoms with Gasteiger partial charge in [-0.2, -0.15) is 0 Å². The molecule has 0 aliphatic carbocycles. The number of ketones is 1. The number of hydrogen-bond donors (Lipinski definition) is 2. The molecular formula is C7H14O3. The molecule has 60 valence electrons. The summed E-state index contributed by atoms with van der Waals surface area (Å²) in [5, 5.41) is 17.6. The maximum absolute atomic E-state index is 10.7. The summed E-state index contributed by atoms with van der Waals surface area (Å²) in [5.74, 6) is -0.297. The highest BCUT2D eigenvalue weighted by atomic mass is 16.3.